The number of rotatable bonds is 3. The van der Waals surface area contributed by atoms with Crippen LogP contribution in [-0.2, 0) is 0 Å². The van der Waals surface area contributed by atoms with Crippen molar-refractivity contribution in [3.05, 3.63) is 64.6 Å². The number of hydrogen-bond donors (Lipinski definition) is 2. The molecule has 3 rings (SSSR count). The smallest absolute Gasteiger partial charge is 0.255 e. The Morgan fingerprint density at radius 3 is 2.52 bits per heavy atom. The lowest BCUT2D eigenvalue weighted by molar-refractivity contribution is 0.0921. The molecule has 0 spiro atoms. The molecule has 120 valence electrons. The number of amides is 1. The highest BCUT2D eigenvalue weighted by Gasteiger charge is 2.23. The van der Waals surface area contributed by atoms with Gasteiger partial charge in [0.25, 0.3) is 11.5 Å². The van der Waals surface area contributed by atoms with E-state index in [1.165, 1.54) is 6.07 Å². The highest BCUT2D eigenvalue weighted by Crippen LogP contribution is 2.17. The zero-order valence-electron chi connectivity index (χ0n) is 12.9. The number of aromatic nitrogens is 1. The van der Waals surface area contributed by atoms with Crippen molar-refractivity contribution in [2.24, 2.45) is 5.73 Å². The number of benzene rings is 1. The van der Waals surface area contributed by atoms with Crippen molar-refractivity contribution in [1.29, 1.82) is 0 Å². The Morgan fingerprint density at radius 2 is 1.83 bits per heavy atom. The first-order valence-electron chi connectivity index (χ1n) is 8.00. The summed E-state index contributed by atoms with van der Waals surface area (Å²) in [6, 6.07) is 12.1. The van der Waals surface area contributed by atoms with Gasteiger partial charge in [0.15, 0.2) is 0 Å². The highest BCUT2D eigenvalue weighted by atomic mass is 16.1. The molecule has 23 heavy (non-hydrogen) atoms. The van der Waals surface area contributed by atoms with E-state index < -0.39 is 0 Å². The van der Waals surface area contributed by atoms with Gasteiger partial charge in [0.2, 0.25) is 0 Å². The second-order valence-corrected chi connectivity index (χ2v) is 5.98. The number of carbonyl (C=O) groups excluding carboxylic acids is 1. The molecule has 1 fully saturated rings. The van der Waals surface area contributed by atoms with Crippen LogP contribution in [0.5, 0.6) is 0 Å². The number of nitrogens with zero attached hydrogens (tertiary/aromatic N) is 1. The third kappa shape index (κ3) is 3.51. The lowest BCUT2D eigenvalue weighted by Crippen LogP contribution is -2.49. The molecule has 0 aliphatic heterocycles. The van der Waals surface area contributed by atoms with E-state index in [0.29, 0.717) is 5.56 Å². The second kappa shape index (κ2) is 6.79. The maximum absolute atomic E-state index is 12.3. The number of carbonyl (C=O) groups is 1. The number of nitrogens with one attached hydrogen (secondary N) is 1. The van der Waals surface area contributed by atoms with E-state index >= 15 is 0 Å². The summed E-state index contributed by atoms with van der Waals surface area (Å²) in [5, 5.41) is 3.02. The summed E-state index contributed by atoms with van der Waals surface area (Å²) in [4.78, 5) is 24.1. The maximum Gasteiger partial charge on any atom is 0.255 e. The van der Waals surface area contributed by atoms with Crippen LogP contribution in [0.1, 0.15) is 36.0 Å². The fourth-order valence-corrected chi connectivity index (χ4v) is 3.00. The monoisotopic (exact) mass is 311 g/mol. The summed E-state index contributed by atoms with van der Waals surface area (Å²) < 4.78 is 1.54. The first-order valence-corrected chi connectivity index (χ1v) is 8.00. The van der Waals surface area contributed by atoms with Gasteiger partial charge < -0.3 is 11.1 Å². The Balaban J connectivity index is 1.73. The van der Waals surface area contributed by atoms with Crippen LogP contribution in [-0.4, -0.2) is 22.6 Å². The Kier molecular flexibility index (Phi) is 4.57. The molecule has 2 unspecified atom stereocenters. The van der Waals surface area contributed by atoms with Crippen LogP contribution in [0.3, 0.4) is 0 Å². The topological polar surface area (TPSA) is 77.1 Å². The Bertz CT molecular complexity index is 736. The Hall–Kier alpha value is -2.40. The Morgan fingerprint density at radius 1 is 1.09 bits per heavy atom. The lowest BCUT2D eigenvalue weighted by Gasteiger charge is -2.29. The van der Waals surface area contributed by atoms with Gasteiger partial charge in [0, 0.05) is 35.6 Å². The standard InChI is InChI=1S/C18H21N3O2/c19-15-5-1-2-6-16(15)20-18(23)13-8-10-14(11-9-13)21-12-4-3-7-17(21)22/h3-4,7-12,15-16H,1-2,5-6,19H2,(H,20,23). The molecular formula is C18H21N3O2. The average molecular weight is 311 g/mol. The van der Waals surface area contributed by atoms with Gasteiger partial charge in [0.1, 0.15) is 0 Å². The third-order valence-electron chi connectivity index (χ3n) is 4.37. The van der Waals surface area contributed by atoms with E-state index in [2.05, 4.69) is 5.32 Å². The summed E-state index contributed by atoms with van der Waals surface area (Å²) in [7, 11) is 0. The average Bonchev–Trinajstić information content (AvgIpc) is 2.57. The van der Waals surface area contributed by atoms with E-state index in [4.69, 9.17) is 5.73 Å². The molecule has 1 aliphatic carbocycles. The van der Waals surface area contributed by atoms with E-state index in [-0.39, 0.29) is 23.6 Å². The van der Waals surface area contributed by atoms with E-state index in [9.17, 15) is 9.59 Å². The molecule has 1 heterocycles. The minimum Gasteiger partial charge on any atom is -0.348 e. The van der Waals surface area contributed by atoms with Crippen LogP contribution < -0.4 is 16.6 Å². The summed E-state index contributed by atoms with van der Waals surface area (Å²) in [5.74, 6) is -0.112. The van der Waals surface area contributed by atoms with Crippen LogP contribution in [0.4, 0.5) is 0 Å². The van der Waals surface area contributed by atoms with Gasteiger partial charge in [-0.25, -0.2) is 0 Å². The molecule has 1 saturated carbocycles. The number of nitrogens with two attached hydrogens (primary N) is 1. The zero-order valence-corrected chi connectivity index (χ0v) is 12.9. The molecule has 0 radical (unpaired) electrons. The molecule has 5 heteroatoms. The SMILES string of the molecule is NC1CCCCC1NC(=O)c1ccc(-n2ccccc2=O)cc1. The summed E-state index contributed by atoms with van der Waals surface area (Å²) >= 11 is 0. The van der Waals surface area contributed by atoms with Crippen LogP contribution >= 0.6 is 0 Å². The van der Waals surface area contributed by atoms with E-state index in [1.54, 1.807) is 47.2 Å². The van der Waals surface area contributed by atoms with Crippen molar-refractivity contribution in [2.45, 2.75) is 37.8 Å². The van der Waals surface area contributed by atoms with Crippen molar-refractivity contribution in [3.63, 3.8) is 0 Å². The predicted octanol–water partition coefficient (Wildman–Crippen LogP) is 1.84. The number of hydrogen-bond acceptors (Lipinski definition) is 3. The predicted molar refractivity (Wildman–Crippen MR) is 89.7 cm³/mol. The summed E-state index contributed by atoms with van der Waals surface area (Å²) in [5.41, 5.74) is 7.29. The lowest BCUT2D eigenvalue weighted by atomic mass is 9.91. The van der Waals surface area contributed by atoms with E-state index in [0.717, 1.165) is 31.4 Å². The molecule has 5 nitrogen and oxygen atoms in total. The van der Waals surface area contributed by atoms with Gasteiger partial charge in [0.05, 0.1) is 0 Å². The summed E-state index contributed by atoms with van der Waals surface area (Å²) in [6.07, 6.45) is 5.84. The number of pyridine rings is 1. The molecule has 0 bridgehead atoms. The van der Waals surface area contributed by atoms with Gasteiger partial charge >= 0.3 is 0 Å². The largest absolute Gasteiger partial charge is 0.348 e. The molecule has 2 atom stereocenters. The van der Waals surface area contributed by atoms with Crippen molar-refractivity contribution in [3.8, 4) is 5.69 Å². The Labute approximate surface area is 135 Å². The van der Waals surface area contributed by atoms with Crippen LogP contribution in [0.2, 0.25) is 0 Å². The van der Waals surface area contributed by atoms with Gasteiger partial charge in [-0.3, -0.25) is 14.2 Å². The zero-order chi connectivity index (χ0) is 16.2. The van der Waals surface area contributed by atoms with E-state index in [1.807, 2.05) is 0 Å². The molecule has 1 aliphatic rings. The van der Waals surface area contributed by atoms with Crippen LogP contribution in [0, 0.1) is 0 Å². The van der Waals surface area contributed by atoms with Gasteiger partial charge in [-0.1, -0.05) is 18.9 Å². The van der Waals surface area contributed by atoms with Gasteiger partial charge in [-0.05, 0) is 43.2 Å². The molecule has 3 N–H and O–H groups in total. The van der Waals surface area contributed by atoms with Crippen molar-refractivity contribution >= 4 is 5.91 Å². The van der Waals surface area contributed by atoms with Gasteiger partial charge in [-0.2, -0.15) is 0 Å². The molecule has 1 aromatic carbocycles. The van der Waals surface area contributed by atoms with Crippen LogP contribution in [0.25, 0.3) is 5.69 Å². The molecule has 0 saturated heterocycles. The fourth-order valence-electron chi connectivity index (χ4n) is 3.00. The van der Waals surface area contributed by atoms with Crippen LogP contribution in [0.15, 0.2) is 53.5 Å². The van der Waals surface area contributed by atoms with Gasteiger partial charge in [-0.15, -0.1) is 0 Å². The normalized spacial score (nSPS) is 20.9. The maximum atomic E-state index is 12.3. The van der Waals surface area contributed by atoms with Crippen molar-refractivity contribution in [2.75, 3.05) is 0 Å². The molecule has 1 amide bonds. The van der Waals surface area contributed by atoms with Crippen molar-refractivity contribution in [1.82, 2.24) is 9.88 Å². The fraction of sp³-hybridized carbons (Fsp3) is 0.333. The first kappa shape index (κ1) is 15.5. The molecular weight excluding hydrogens is 290 g/mol. The minimum atomic E-state index is -0.112. The third-order valence-corrected chi connectivity index (χ3v) is 4.37. The summed E-state index contributed by atoms with van der Waals surface area (Å²) in [6.45, 7) is 0. The molecule has 2 aromatic rings. The first-order chi connectivity index (χ1) is 11.1. The van der Waals surface area contributed by atoms with Crippen molar-refractivity contribution < 1.29 is 4.79 Å². The molecule has 1 aromatic heterocycles. The quantitative estimate of drug-likeness (QED) is 0.908. The second-order valence-electron chi connectivity index (χ2n) is 5.98. The minimum absolute atomic E-state index is 0.0369. The highest BCUT2D eigenvalue weighted by molar-refractivity contribution is 5.94.